The molecule has 1 aliphatic rings. The fourth-order valence-electron chi connectivity index (χ4n) is 3.12. The molecule has 1 fully saturated rings. The first-order valence-corrected chi connectivity index (χ1v) is 10.4. The summed E-state index contributed by atoms with van der Waals surface area (Å²) in [4.78, 5) is 2.43. The van der Waals surface area contributed by atoms with Crippen LogP contribution in [-0.2, 0) is 16.6 Å². The summed E-state index contributed by atoms with van der Waals surface area (Å²) in [6.45, 7) is 5.61. The van der Waals surface area contributed by atoms with Crippen molar-refractivity contribution in [3.05, 3.63) is 59.7 Å². The smallest absolute Gasteiger partial charge is 0.243 e. The molecule has 142 valence electrons. The van der Waals surface area contributed by atoms with Gasteiger partial charge >= 0.3 is 0 Å². The van der Waals surface area contributed by atoms with Gasteiger partial charge in [-0.25, -0.2) is 8.42 Å². The van der Waals surface area contributed by atoms with Crippen LogP contribution in [0.25, 0.3) is 0 Å². The third kappa shape index (κ3) is 4.66. The van der Waals surface area contributed by atoms with E-state index in [1.807, 2.05) is 37.3 Å². The molecule has 0 aliphatic carbocycles. The Hall–Kier alpha value is -2.40. The van der Waals surface area contributed by atoms with Crippen molar-refractivity contribution >= 4 is 10.0 Å². The first kappa shape index (κ1) is 19.4. The molecule has 6 nitrogen and oxygen atoms in total. The number of hydrogen-bond acceptors (Lipinski definition) is 5. The van der Waals surface area contributed by atoms with Gasteiger partial charge in [-0.1, -0.05) is 18.2 Å². The Morgan fingerprint density at radius 2 is 1.78 bits per heavy atom. The minimum absolute atomic E-state index is 0.182. The molecule has 2 aromatic carbocycles. The van der Waals surface area contributed by atoms with E-state index in [2.05, 4.69) is 4.90 Å². The van der Waals surface area contributed by atoms with E-state index in [0.29, 0.717) is 38.3 Å². The first-order valence-electron chi connectivity index (χ1n) is 8.97. The van der Waals surface area contributed by atoms with Crippen LogP contribution >= 0.6 is 0 Å². The molecule has 1 aliphatic heterocycles. The van der Waals surface area contributed by atoms with Gasteiger partial charge in [0.25, 0.3) is 0 Å². The van der Waals surface area contributed by atoms with Gasteiger partial charge in [0.2, 0.25) is 10.0 Å². The van der Waals surface area contributed by atoms with E-state index in [4.69, 9.17) is 10.00 Å². The lowest BCUT2D eigenvalue weighted by Gasteiger charge is -2.34. The second kappa shape index (κ2) is 8.53. The average molecular weight is 385 g/mol. The second-order valence-electron chi connectivity index (χ2n) is 6.40. The van der Waals surface area contributed by atoms with E-state index < -0.39 is 10.0 Å². The summed E-state index contributed by atoms with van der Waals surface area (Å²) in [5.41, 5.74) is 1.53. The minimum Gasteiger partial charge on any atom is -0.494 e. The summed E-state index contributed by atoms with van der Waals surface area (Å²) in [5.74, 6) is 0.858. The maximum Gasteiger partial charge on any atom is 0.243 e. The quantitative estimate of drug-likeness (QED) is 0.764. The Labute approximate surface area is 160 Å². The van der Waals surface area contributed by atoms with Gasteiger partial charge < -0.3 is 4.74 Å². The van der Waals surface area contributed by atoms with Gasteiger partial charge in [-0.3, -0.25) is 4.90 Å². The van der Waals surface area contributed by atoms with Crippen LogP contribution in [0, 0.1) is 11.3 Å². The normalized spacial score (nSPS) is 16.0. The van der Waals surface area contributed by atoms with E-state index in [0.717, 1.165) is 12.3 Å². The van der Waals surface area contributed by atoms with Crippen molar-refractivity contribution in [2.24, 2.45) is 0 Å². The molecular formula is C20H23N3O3S. The number of ether oxygens (including phenoxy) is 1. The second-order valence-corrected chi connectivity index (χ2v) is 8.33. The molecule has 27 heavy (non-hydrogen) atoms. The van der Waals surface area contributed by atoms with Gasteiger partial charge in [0, 0.05) is 32.7 Å². The van der Waals surface area contributed by atoms with Gasteiger partial charge in [0.05, 0.1) is 23.1 Å². The zero-order valence-corrected chi connectivity index (χ0v) is 16.2. The van der Waals surface area contributed by atoms with E-state index in [-0.39, 0.29) is 4.90 Å². The Balaban J connectivity index is 1.60. The number of hydrogen-bond donors (Lipinski definition) is 0. The largest absolute Gasteiger partial charge is 0.494 e. The molecule has 0 atom stereocenters. The lowest BCUT2D eigenvalue weighted by Crippen LogP contribution is -2.48. The summed E-state index contributed by atoms with van der Waals surface area (Å²) >= 11 is 0. The average Bonchev–Trinajstić information content (AvgIpc) is 2.70. The van der Waals surface area contributed by atoms with Crippen molar-refractivity contribution in [1.82, 2.24) is 9.21 Å². The van der Waals surface area contributed by atoms with Crippen molar-refractivity contribution < 1.29 is 13.2 Å². The number of nitriles is 1. The highest BCUT2D eigenvalue weighted by molar-refractivity contribution is 7.89. The maximum absolute atomic E-state index is 12.8. The Morgan fingerprint density at radius 3 is 2.41 bits per heavy atom. The topological polar surface area (TPSA) is 73.6 Å². The fourth-order valence-corrected chi connectivity index (χ4v) is 4.59. The van der Waals surface area contributed by atoms with Crippen LogP contribution < -0.4 is 4.74 Å². The standard InChI is InChI=1S/C20H23N3O3S/c1-2-26-19-8-6-17(7-9-19)16-22-10-12-23(13-11-22)27(24,25)20-5-3-4-18(14-20)15-21/h3-9,14H,2,10-13,16H2,1H3. The van der Waals surface area contributed by atoms with Crippen LogP contribution in [0.4, 0.5) is 0 Å². The summed E-state index contributed by atoms with van der Waals surface area (Å²) in [5, 5.41) is 8.99. The molecule has 0 N–H and O–H groups in total. The fraction of sp³-hybridized carbons (Fsp3) is 0.350. The molecule has 0 radical (unpaired) electrons. The van der Waals surface area contributed by atoms with Gasteiger partial charge in [0.1, 0.15) is 5.75 Å². The number of nitrogens with zero attached hydrogens (tertiary/aromatic N) is 3. The van der Waals surface area contributed by atoms with Crippen LogP contribution in [0.15, 0.2) is 53.4 Å². The zero-order valence-electron chi connectivity index (χ0n) is 15.3. The third-order valence-electron chi connectivity index (χ3n) is 4.57. The molecule has 0 amide bonds. The van der Waals surface area contributed by atoms with Crippen molar-refractivity contribution in [2.75, 3.05) is 32.8 Å². The van der Waals surface area contributed by atoms with Gasteiger partial charge in [-0.05, 0) is 42.8 Å². The van der Waals surface area contributed by atoms with E-state index >= 15 is 0 Å². The lowest BCUT2D eigenvalue weighted by atomic mass is 10.2. The number of benzene rings is 2. The first-order chi connectivity index (χ1) is 13.0. The van der Waals surface area contributed by atoms with Crippen LogP contribution in [0.2, 0.25) is 0 Å². The number of sulfonamides is 1. The Kier molecular flexibility index (Phi) is 6.11. The minimum atomic E-state index is -3.56. The molecule has 0 unspecified atom stereocenters. The van der Waals surface area contributed by atoms with E-state index in [9.17, 15) is 8.42 Å². The van der Waals surface area contributed by atoms with Crippen LogP contribution in [-0.4, -0.2) is 50.4 Å². The highest BCUT2D eigenvalue weighted by Crippen LogP contribution is 2.20. The molecule has 0 aromatic heterocycles. The van der Waals surface area contributed by atoms with Crippen molar-refractivity contribution in [3.8, 4) is 11.8 Å². The van der Waals surface area contributed by atoms with Crippen LogP contribution in [0.3, 0.4) is 0 Å². The predicted molar refractivity (Wildman–Crippen MR) is 103 cm³/mol. The molecule has 3 rings (SSSR count). The molecule has 7 heteroatoms. The molecule has 1 saturated heterocycles. The Bertz CT molecular complexity index is 912. The van der Waals surface area contributed by atoms with Crippen LogP contribution in [0.1, 0.15) is 18.1 Å². The predicted octanol–water partition coefficient (Wildman–Crippen LogP) is 2.46. The third-order valence-corrected chi connectivity index (χ3v) is 6.47. The summed E-state index contributed by atoms with van der Waals surface area (Å²) in [6, 6.07) is 16.2. The lowest BCUT2D eigenvalue weighted by molar-refractivity contribution is 0.181. The van der Waals surface area contributed by atoms with E-state index in [1.165, 1.54) is 15.9 Å². The highest BCUT2D eigenvalue weighted by atomic mass is 32.2. The monoisotopic (exact) mass is 385 g/mol. The van der Waals surface area contributed by atoms with Gasteiger partial charge in [-0.2, -0.15) is 9.57 Å². The van der Waals surface area contributed by atoms with E-state index in [1.54, 1.807) is 18.2 Å². The SMILES string of the molecule is CCOc1ccc(CN2CCN(S(=O)(=O)c3cccc(C#N)c3)CC2)cc1. The Morgan fingerprint density at radius 1 is 1.07 bits per heavy atom. The number of piperazine rings is 1. The van der Waals surface area contributed by atoms with Gasteiger partial charge in [-0.15, -0.1) is 0 Å². The molecule has 0 saturated carbocycles. The van der Waals surface area contributed by atoms with Crippen molar-refractivity contribution in [2.45, 2.75) is 18.4 Å². The van der Waals surface area contributed by atoms with Crippen molar-refractivity contribution in [3.63, 3.8) is 0 Å². The maximum atomic E-state index is 12.8. The van der Waals surface area contributed by atoms with Crippen molar-refractivity contribution in [1.29, 1.82) is 5.26 Å². The molecular weight excluding hydrogens is 362 g/mol. The van der Waals surface area contributed by atoms with Crippen LogP contribution in [0.5, 0.6) is 5.75 Å². The number of rotatable bonds is 6. The summed E-state index contributed by atoms with van der Waals surface area (Å²) < 4.78 is 32.6. The molecule has 0 bridgehead atoms. The summed E-state index contributed by atoms with van der Waals surface area (Å²) in [6.07, 6.45) is 0. The summed E-state index contributed by atoms with van der Waals surface area (Å²) in [7, 11) is -3.56. The molecule has 2 aromatic rings. The molecule has 0 spiro atoms. The highest BCUT2D eigenvalue weighted by Gasteiger charge is 2.28. The van der Waals surface area contributed by atoms with Gasteiger partial charge in [0.15, 0.2) is 0 Å². The zero-order chi connectivity index (χ0) is 19.3. The molecule has 1 heterocycles.